The number of hydrogen-bond donors (Lipinski definition) is 1. The summed E-state index contributed by atoms with van der Waals surface area (Å²) in [5.41, 5.74) is 4.17. The fourth-order valence-electron chi connectivity index (χ4n) is 2.20. The van der Waals surface area contributed by atoms with Gasteiger partial charge in [-0.1, -0.05) is 42.5 Å². The lowest BCUT2D eigenvalue weighted by molar-refractivity contribution is 1.26. The summed E-state index contributed by atoms with van der Waals surface area (Å²) in [5, 5.41) is 9.38. The Bertz CT molecular complexity index is 862. The molecule has 0 radical (unpaired) electrons. The molecule has 0 fully saturated rings. The van der Waals surface area contributed by atoms with Gasteiger partial charge in [0.15, 0.2) is 0 Å². The summed E-state index contributed by atoms with van der Waals surface area (Å²) in [5.74, 6) is 0. The van der Waals surface area contributed by atoms with Gasteiger partial charge in [0.2, 0.25) is 0 Å². The second kappa shape index (κ2) is 5.70. The standard InChI is InChI=1S/C17H11N3S/c18-11-15-14(12-4-2-1-3-5-12)10-16(20-17(15)21)13-6-8-19-9-7-13/h1-10H,(H,20,21). The van der Waals surface area contributed by atoms with Gasteiger partial charge in [-0.2, -0.15) is 5.26 Å². The van der Waals surface area contributed by atoms with Crippen LogP contribution in [0.1, 0.15) is 5.56 Å². The van der Waals surface area contributed by atoms with Crippen LogP contribution in [0.2, 0.25) is 0 Å². The van der Waals surface area contributed by atoms with E-state index in [1.54, 1.807) is 12.4 Å². The van der Waals surface area contributed by atoms with Crippen molar-refractivity contribution in [1.82, 2.24) is 9.97 Å². The van der Waals surface area contributed by atoms with E-state index in [0.29, 0.717) is 10.2 Å². The van der Waals surface area contributed by atoms with E-state index >= 15 is 0 Å². The highest BCUT2D eigenvalue weighted by atomic mass is 32.1. The highest BCUT2D eigenvalue weighted by Crippen LogP contribution is 2.28. The van der Waals surface area contributed by atoms with Crippen LogP contribution < -0.4 is 0 Å². The normalized spacial score (nSPS) is 10.0. The van der Waals surface area contributed by atoms with Crippen molar-refractivity contribution in [3.05, 3.63) is 71.1 Å². The molecule has 2 aromatic heterocycles. The third-order valence-corrected chi connectivity index (χ3v) is 3.53. The molecule has 3 nitrogen and oxygen atoms in total. The van der Waals surface area contributed by atoms with E-state index < -0.39 is 0 Å². The zero-order chi connectivity index (χ0) is 14.7. The zero-order valence-electron chi connectivity index (χ0n) is 11.1. The summed E-state index contributed by atoms with van der Waals surface area (Å²) in [4.78, 5) is 7.13. The Labute approximate surface area is 127 Å². The number of aromatic nitrogens is 2. The molecule has 1 N–H and O–H groups in total. The minimum absolute atomic E-state index is 0.450. The van der Waals surface area contributed by atoms with E-state index in [1.165, 1.54) is 0 Å². The summed E-state index contributed by atoms with van der Waals surface area (Å²) >= 11 is 5.33. The van der Waals surface area contributed by atoms with Crippen LogP contribution in [0.5, 0.6) is 0 Å². The van der Waals surface area contributed by atoms with Crippen LogP contribution in [0.3, 0.4) is 0 Å². The summed E-state index contributed by atoms with van der Waals surface area (Å²) in [7, 11) is 0. The first-order valence-electron chi connectivity index (χ1n) is 6.43. The predicted molar refractivity (Wildman–Crippen MR) is 85.0 cm³/mol. The number of pyridine rings is 2. The molecular weight excluding hydrogens is 278 g/mol. The molecule has 4 heteroatoms. The lowest BCUT2D eigenvalue weighted by Crippen LogP contribution is -1.93. The van der Waals surface area contributed by atoms with Crippen molar-refractivity contribution in [3.8, 4) is 28.5 Å². The number of nitrogens with one attached hydrogen (secondary N) is 1. The number of nitriles is 1. The Balaban J connectivity index is 2.27. The van der Waals surface area contributed by atoms with E-state index in [1.807, 2.05) is 48.5 Å². The Kier molecular flexibility index (Phi) is 3.59. The highest BCUT2D eigenvalue weighted by molar-refractivity contribution is 7.71. The number of H-pyrrole nitrogens is 1. The van der Waals surface area contributed by atoms with Gasteiger partial charge in [-0.25, -0.2) is 0 Å². The second-order valence-corrected chi connectivity index (χ2v) is 4.92. The lowest BCUT2D eigenvalue weighted by atomic mass is 10.00. The molecule has 0 aliphatic carbocycles. The monoisotopic (exact) mass is 289 g/mol. The first-order valence-corrected chi connectivity index (χ1v) is 6.83. The average molecular weight is 289 g/mol. The van der Waals surface area contributed by atoms with E-state index in [9.17, 15) is 5.26 Å². The van der Waals surface area contributed by atoms with Crippen LogP contribution in [0.25, 0.3) is 22.4 Å². The van der Waals surface area contributed by atoms with Gasteiger partial charge in [-0.15, -0.1) is 0 Å². The van der Waals surface area contributed by atoms with Gasteiger partial charge in [0.25, 0.3) is 0 Å². The van der Waals surface area contributed by atoms with Crippen molar-refractivity contribution in [2.24, 2.45) is 0 Å². The fourth-order valence-corrected chi connectivity index (χ4v) is 2.47. The molecule has 0 saturated carbocycles. The molecule has 0 atom stereocenters. The van der Waals surface area contributed by atoms with Gasteiger partial charge >= 0.3 is 0 Å². The Morgan fingerprint density at radius 2 is 1.71 bits per heavy atom. The van der Waals surface area contributed by atoms with Crippen molar-refractivity contribution in [2.75, 3.05) is 0 Å². The molecule has 3 aromatic rings. The highest BCUT2D eigenvalue weighted by Gasteiger charge is 2.10. The summed E-state index contributed by atoms with van der Waals surface area (Å²) in [6.45, 7) is 0. The van der Waals surface area contributed by atoms with Crippen molar-refractivity contribution < 1.29 is 0 Å². The maximum atomic E-state index is 9.38. The maximum Gasteiger partial charge on any atom is 0.122 e. The quantitative estimate of drug-likeness (QED) is 0.714. The Hall–Kier alpha value is -2.77. The molecular formula is C17H11N3S. The number of rotatable bonds is 2. The Morgan fingerprint density at radius 1 is 1.00 bits per heavy atom. The fraction of sp³-hybridized carbons (Fsp3) is 0. The number of nitrogens with zero attached hydrogens (tertiary/aromatic N) is 2. The molecule has 2 heterocycles. The zero-order valence-corrected chi connectivity index (χ0v) is 11.9. The van der Waals surface area contributed by atoms with E-state index in [4.69, 9.17) is 12.2 Å². The topological polar surface area (TPSA) is 52.5 Å². The predicted octanol–water partition coefficient (Wildman–Crippen LogP) is 4.34. The van der Waals surface area contributed by atoms with Gasteiger partial charge in [0.1, 0.15) is 10.7 Å². The molecule has 0 saturated heterocycles. The van der Waals surface area contributed by atoms with Crippen molar-refractivity contribution in [3.63, 3.8) is 0 Å². The molecule has 0 amide bonds. The molecule has 21 heavy (non-hydrogen) atoms. The van der Waals surface area contributed by atoms with Gasteiger partial charge in [-0.05, 0) is 23.8 Å². The first kappa shape index (κ1) is 13.2. The summed E-state index contributed by atoms with van der Waals surface area (Å²) < 4.78 is 0.450. The molecule has 3 rings (SSSR count). The molecule has 0 aliphatic heterocycles. The van der Waals surface area contributed by atoms with E-state index in [0.717, 1.165) is 22.4 Å². The molecule has 1 aromatic carbocycles. The van der Waals surface area contributed by atoms with Gasteiger partial charge in [-0.3, -0.25) is 4.98 Å². The molecule has 0 spiro atoms. The number of aromatic amines is 1. The molecule has 100 valence electrons. The van der Waals surface area contributed by atoms with Crippen molar-refractivity contribution in [2.45, 2.75) is 0 Å². The van der Waals surface area contributed by atoms with Gasteiger partial charge in [0.05, 0.1) is 5.56 Å². The third kappa shape index (κ3) is 2.60. The van der Waals surface area contributed by atoms with E-state index in [-0.39, 0.29) is 0 Å². The van der Waals surface area contributed by atoms with Crippen LogP contribution >= 0.6 is 12.2 Å². The SMILES string of the molecule is N#Cc1c(-c2ccccc2)cc(-c2ccncc2)[nH]c1=S. The lowest BCUT2D eigenvalue weighted by Gasteiger charge is -2.09. The number of benzene rings is 1. The minimum Gasteiger partial charge on any atom is -0.345 e. The van der Waals surface area contributed by atoms with Crippen LogP contribution in [-0.2, 0) is 0 Å². The maximum absolute atomic E-state index is 9.38. The Morgan fingerprint density at radius 3 is 2.38 bits per heavy atom. The first-order chi connectivity index (χ1) is 10.3. The van der Waals surface area contributed by atoms with Crippen molar-refractivity contribution >= 4 is 12.2 Å². The number of hydrogen-bond acceptors (Lipinski definition) is 3. The molecule has 0 unspecified atom stereocenters. The third-order valence-electron chi connectivity index (χ3n) is 3.22. The van der Waals surface area contributed by atoms with Crippen molar-refractivity contribution in [1.29, 1.82) is 5.26 Å². The van der Waals surface area contributed by atoms with Gasteiger partial charge < -0.3 is 4.98 Å². The largest absolute Gasteiger partial charge is 0.345 e. The smallest absolute Gasteiger partial charge is 0.122 e. The minimum atomic E-state index is 0.450. The molecule has 0 bridgehead atoms. The molecule has 0 aliphatic rings. The summed E-state index contributed by atoms with van der Waals surface area (Å²) in [6.07, 6.45) is 3.46. The van der Waals surface area contributed by atoms with Crippen LogP contribution in [0.15, 0.2) is 60.9 Å². The van der Waals surface area contributed by atoms with Crippen LogP contribution in [-0.4, -0.2) is 9.97 Å². The second-order valence-electron chi connectivity index (χ2n) is 4.51. The van der Waals surface area contributed by atoms with E-state index in [2.05, 4.69) is 16.0 Å². The van der Waals surface area contributed by atoms with Crippen LogP contribution in [0.4, 0.5) is 0 Å². The van der Waals surface area contributed by atoms with Gasteiger partial charge in [0, 0.05) is 29.2 Å². The average Bonchev–Trinajstić information content (AvgIpc) is 2.55. The van der Waals surface area contributed by atoms with Crippen LogP contribution in [0, 0.1) is 16.0 Å². The summed E-state index contributed by atoms with van der Waals surface area (Å²) in [6, 6.07) is 17.7.